The van der Waals surface area contributed by atoms with Gasteiger partial charge in [0.05, 0.1) is 25.2 Å². The summed E-state index contributed by atoms with van der Waals surface area (Å²) < 4.78 is 16.7. The van der Waals surface area contributed by atoms with Crippen LogP contribution in [-0.2, 0) is 27.4 Å². The molecule has 0 amide bonds. The van der Waals surface area contributed by atoms with Gasteiger partial charge in [-0.15, -0.1) is 0 Å². The van der Waals surface area contributed by atoms with Gasteiger partial charge < -0.3 is 24.1 Å². The average molecular weight is 428 g/mol. The summed E-state index contributed by atoms with van der Waals surface area (Å²) >= 11 is 0. The molecule has 1 saturated carbocycles. The molecule has 1 unspecified atom stereocenters. The molecular weight excluding hydrogens is 404 g/mol. The minimum atomic E-state index is -1.16. The second-order valence-corrected chi connectivity index (χ2v) is 7.99. The van der Waals surface area contributed by atoms with Gasteiger partial charge in [0.15, 0.2) is 5.78 Å². The van der Waals surface area contributed by atoms with Crippen molar-refractivity contribution in [2.24, 2.45) is 11.8 Å². The molecule has 2 aliphatic carbocycles. The molecule has 31 heavy (non-hydrogen) atoms. The number of furan rings is 1. The third-order valence-corrected chi connectivity index (χ3v) is 5.93. The first-order chi connectivity index (χ1) is 14.9. The van der Waals surface area contributed by atoms with Crippen molar-refractivity contribution in [3.63, 3.8) is 0 Å². The quantitative estimate of drug-likeness (QED) is 0.615. The Kier molecular flexibility index (Phi) is 6.20. The second-order valence-electron chi connectivity index (χ2n) is 7.99. The number of hydrogen-bond acceptors (Lipinski definition) is 7. The lowest BCUT2D eigenvalue weighted by Crippen LogP contribution is -2.27. The van der Waals surface area contributed by atoms with Crippen LogP contribution in [0.25, 0.3) is 0 Å². The Bertz CT molecular complexity index is 991. The number of benzene rings is 1. The Morgan fingerprint density at radius 2 is 2.00 bits per heavy atom. The fraction of sp³-hybridized carbons (Fsp3) is 0.435. The number of Topliss-reactive ketones (excluding diaryl/α,β-unsaturated/α-hetero) is 2. The van der Waals surface area contributed by atoms with Crippen molar-refractivity contribution in [2.75, 3.05) is 13.2 Å². The van der Waals surface area contributed by atoms with Gasteiger partial charge in [-0.3, -0.25) is 9.59 Å². The van der Waals surface area contributed by atoms with Gasteiger partial charge in [0.1, 0.15) is 18.1 Å². The summed E-state index contributed by atoms with van der Waals surface area (Å²) in [4.78, 5) is 35.3. The van der Waals surface area contributed by atoms with E-state index in [0.29, 0.717) is 11.5 Å². The van der Waals surface area contributed by atoms with Crippen LogP contribution in [0.1, 0.15) is 52.8 Å². The Morgan fingerprint density at radius 1 is 1.16 bits per heavy atom. The average Bonchev–Trinajstić information content (AvgIpc) is 3.32. The molecule has 1 aromatic heterocycles. The fourth-order valence-corrected chi connectivity index (χ4v) is 4.27. The molecule has 2 aliphatic rings. The predicted molar refractivity (Wildman–Crippen MR) is 107 cm³/mol. The van der Waals surface area contributed by atoms with Crippen molar-refractivity contribution in [1.82, 2.24) is 0 Å². The first kappa shape index (κ1) is 21.3. The molecule has 2 N–H and O–H groups in total. The van der Waals surface area contributed by atoms with E-state index in [2.05, 4.69) is 0 Å². The van der Waals surface area contributed by atoms with Crippen molar-refractivity contribution >= 4 is 17.5 Å². The van der Waals surface area contributed by atoms with Crippen LogP contribution >= 0.6 is 0 Å². The molecule has 1 aromatic carbocycles. The lowest BCUT2D eigenvalue weighted by molar-refractivity contribution is -0.136. The predicted octanol–water partition coefficient (Wildman–Crippen LogP) is 2.72. The van der Waals surface area contributed by atoms with Gasteiger partial charge >= 0.3 is 5.97 Å². The van der Waals surface area contributed by atoms with Crippen molar-refractivity contribution in [3.8, 4) is 5.75 Å². The van der Waals surface area contributed by atoms with Crippen molar-refractivity contribution in [2.45, 2.75) is 38.4 Å². The van der Waals surface area contributed by atoms with Gasteiger partial charge in [-0.25, -0.2) is 4.79 Å². The maximum Gasteiger partial charge on any atom is 0.371 e. The van der Waals surface area contributed by atoms with Crippen LogP contribution in [0, 0.1) is 11.8 Å². The first-order valence-corrected chi connectivity index (χ1v) is 10.3. The molecule has 1 fully saturated rings. The molecule has 3 atom stereocenters. The van der Waals surface area contributed by atoms with E-state index in [1.165, 1.54) is 12.1 Å². The zero-order chi connectivity index (χ0) is 22.0. The lowest BCUT2D eigenvalue weighted by Gasteiger charge is -2.25. The maximum atomic E-state index is 12.4. The highest BCUT2D eigenvalue weighted by Crippen LogP contribution is 2.36. The molecule has 8 heteroatoms. The molecule has 0 radical (unpaired) electrons. The molecule has 4 rings (SSSR count). The van der Waals surface area contributed by atoms with E-state index in [1.54, 1.807) is 0 Å². The van der Waals surface area contributed by atoms with Gasteiger partial charge in [-0.1, -0.05) is 12.1 Å². The first-order valence-electron chi connectivity index (χ1n) is 10.3. The largest absolute Gasteiger partial charge is 0.493 e. The molecule has 0 bridgehead atoms. The van der Waals surface area contributed by atoms with Gasteiger partial charge in [-0.05, 0) is 48.6 Å². The van der Waals surface area contributed by atoms with Crippen LogP contribution in [0.5, 0.6) is 5.75 Å². The number of aliphatic hydroxyl groups is 1. The summed E-state index contributed by atoms with van der Waals surface area (Å²) in [6, 6.07) is 8.39. The van der Waals surface area contributed by atoms with Crippen molar-refractivity contribution < 1.29 is 38.5 Å². The number of ketones is 2. The number of carboxylic acids is 1. The number of aliphatic hydroxyl groups excluding tert-OH is 1. The summed E-state index contributed by atoms with van der Waals surface area (Å²) in [5.41, 5.74) is 1.81. The third kappa shape index (κ3) is 4.55. The fourth-order valence-electron chi connectivity index (χ4n) is 4.27. The molecule has 0 spiro atoms. The van der Waals surface area contributed by atoms with Gasteiger partial charge in [0.25, 0.3) is 0 Å². The number of ether oxygens (including phenoxy) is 2. The number of carbonyl (C=O) groups excluding carboxylic acids is 2. The minimum absolute atomic E-state index is 0.0455. The van der Waals surface area contributed by atoms with Crippen LogP contribution in [0.3, 0.4) is 0 Å². The van der Waals surface area contributed by atoms with E-state index in [-0.39, 0.29) is 37.9 Å². The number of aromatic carboxylic acids is 1. The maximum absolute atomic E-state index is 12.4. The van der Waals surface area contributed by atoms with Crippen LogP contribution in [-0.4, -0.2) is 41.0 Å². The normalized spacial score (nSPS) is 23.1. The van der Waals surface area contributed by atoms with E-state index in [4.69, 9.17) is 19.0 Å². The van der Waals surface area contributed by atoms with E-state index in [0.717, 1.165) is 30.4 Å². The number of hydrogen-bond donors (Lipinski definition) is 2. The molecule has 0 saturated heterocycles. The summed E-state index contributed by atoms with van der Waals surface area (Å²) in [7, 11) is 0. The molecule has 2 aromatic rings. The van der Waals surface area contributed by atoms with Gasteiger partial charge in [-0.2, -0.15) is 0 Å². The van der Waals surface area contributed by atoms with E-state index >= 15 is 0 Å². The number of fused-ring (bicyclic) bond motifs is 1. The van der Waals surface area contributed by atoms with Crippen molar-refractivity contribution in [3.05, 3.63) is 53.0 Å². The van der Waals surface area contributed by atoms with E-state index < -0.39 is 29.6 Å². The van der Waals surface area contributed by atoms with Gasteiger partial charge in [0, 0.05) is 12.3 Å². The van der Waals surface area contributed by atoms with Crippen LogP contribution in [0.4, 0.5) is 0 Å². The summed E-state index contributed by atoms with van der Waals surface area (Å²) in [6.07, 6.45) is 1.97. The molecule has 8 nitrogen and oxygen atoms in total. The number of rotatable bonds is 8. The highest BCUT2D eigenvalue weighted by Gasteiger charge is 2.42. The topological polar surface area (TPSA) is 123 Å². The lowest BCUT2D eigenvalue weighted by atomic mass is 9.89. The number of carbonyl (C=O) groups is 3. The summed E-state index contributed by atoms with van der Waals surface area (Å²) in [5.74, 6) is -2.15. The highest BCUT2D eigenvalue weighted by atomic mass is 16.5. The summed E-state index contributed by atoms with van der Waals surface area (Å²) in [5, 5.41) is 19.1. The van der Waals surface area contributed by atoms with Gasteiger partial charge in [0.2, 0.25) is 11.5 Å². The standard InChI is InChI=1S/C23H24O8/c24-18-5-1-4-16-15(18)3-2-6-20(16)30-12-17-13(9-19(25)22(17)26)10-29-11-14-7-8-21(31-14)23(27)28/h2-3,6-8,13,17-18,24H,1,4-5,9-12H2,(H,27,28)/t13-,17-,18?/m1/s1. The van der Waals surface area contributed by atoms with Crippen LogP contribution < -0.4 is 4.74 Å². The molecule has 0 aliphatic heterocycles. The van der Waals surface area contributed by atoms with E-state index in [1.807, 2.05) is 18.2 Å². The molecule has 1 heterocycles. The second kappa shape index (κ2) is 9.03. The Hall–Kier alpha value is -2.97. The van der Waals surface area contributed by atoms with Crippen LogP contribution in [0.15, 0.2) is 34.7 Å². The Morgan fingerprint density at radius 3 is 2.77 bits per heavy atom. The third-order valence-electron chi connectivity index (χ3n) is 5.93. The SMILES string of the molecule is O=C1C[C@H](COCc2ccc(C(=O)O)o2)[C@@H](COc2cccc3c2CCCC3O)C1=O. The Labute approximate surface area is 178 Å². The zero-order valence-electron chi connectivity index (χ0n) is 16.9. The molecular formula is C23H24O8. The van der Waals surface area contributed by atoms with Crippen LogP contribution in [0.2, 0.25) is 0 Å². The summed E-state index contributed by atoms with van der Waals surface area (Å²) in [6.45, 7) is 0.263. The van der Waals surface area contributed by atoms with Crippen molar-refractivity contribution in [1.29, 1.82) is 0 Å². The molecule has 164 valence electrons. The van der Waals surface area contributed by atoms with E-state index in [9.17, 15) is 19.5 Å². The monoisotopic (exact) mass is 428 g/mol. The Balaban J connectivity index is 1.37. The zero-order valence-corrected chi connectivity index (χ0v) is 16.9. The minimum Gasteiger partial charge on any atom is -0.493 e. The number of carboxylic acid groups (broad SMARTS) is 1. The smallest absolute Gasteiger partial charge is 0.371 e. The highest BCUT2D eigenvalue weighted by molar-refractivity contribution is 6.40.